The van der Waals surface area contributed by atoms with E-state index in [1.54, 1.807) is 0 Å². The summed E-state index contributed by atoms with van der Waals surface area (Å²) in [7, 11) is 4.39. The van der Waals surface area contributed by atoms with E-state index in [2.05, 4.69) is 36.1 Å². The number of hydrogen-bond donors (Lipinski definition) is 1. The molecule has 0 bridgehead atoms. The molecule has 0 amide bonds. The zero-order chi connectivity index (χ0) is 13.0. The minimum Gasteiger partial charge on any atom is -0.317 e. The van der Waals surface area contributed by atoms with Gasteiger partial charge in [-0.3, -0.25) is 4.90 Å². The molecule has 2 aliphatic rings. The average molecular weight is 253 g/mol. The first kappa shape index (κ1) is 14.3. The summed E-state index contributed by atoms with van der Waals surface area (Å²) in [6.45, 7) is 6.22. The molecule has 1 heterocycles. The topological polar surface area (TPSA) is 18.5 Å². The number of nitrogens with zero attached hydrogens (tertiary/aromatic N) is 2. The maximum atomic E-state index is 3.45. The van der Waals surface area contributed by atoms with Gasteiger partial charge in [-0.2, -0.15) is 0 Å². The zero-order valence-corrected chi connectivity index (χ0v) is 12.5. The SMILES string of the molecule is CCC1CN(C)CCCN1C1CCC(NC)CC1. The van der Waals surface area contributed by atoms with Crippen LogP contribution in [0.25, 0.3) is 0 Å². The second-order valence-corrected chi connectivity index (χ2v) is 6.21. The van der Waals surface area contributed by atoms with Crippen LogP contribution in [0.1, 0.15) is 45.4 Å². The van der Waals surface area contributed by atoms with Gasteiger partial charge < -0.3 is 10.2 Å². The molecule has 2 rings (SSSR count). The summed E-state index contributed by atoms with van der Waals surface area (Å²) in [5, 5.41) is 3.45. The van der Waals surface area contributed by atoms with Crippen LogP contribution < -0.4 is 5.32 Å². The van der Waals surface area contributed by atoms with Gasteiger partial charge in [0.1, 0.15) is 0 Å². The smallest absolute Gasteiger partial charge is 0.0223 e. The minimum atomic E-state index is 0.774. The molecule has 0 spiro atoms. The molecule has 1 aliphatic carbocycles. The summed E-state index contributed by atoms with van der Waals surface area (Å²) >= 11 is 0. The van der Waals surface area contributed by atoms with Gasteiger partial charge in [0.2, 0.25) is 0 Å². The van der Waals surface area contributed by atoms with E-state index < -0.39 is 0 Å². The Bertz CT molecular complexity index is 236. The van der Waals surface area contributed by atoms with Crippen molar-refractivity contribution in [2.24, 2.45) is 0 Å². The molecule has 1 N–H and O–H groups in total. The molecule has 1 saturated heterocycles. The van der Waals surface area contributed by atoms with Crippen LogP contribution in [0.5, 0.6) is 0 Å². The van der Waals surface area contributed by atoms with Gasteiger partial charge in [-0.1, -0.05) is 6.92 Å². The van der Waals surface area contributed by atoms with Gasteiger partial charge in [-0.15, -0.1) is 0 Å². The predicted molar refractivity (Wildman–Crippen MR) is 78.0 cm³/mol. The van der Waals surface area contributed by atoms with Crippen LogP contribution in [0, 0.1) is 0 Å². The largest absolute Gasteiger partial charge is 0.317 e. The molecule has 1 saturated carbocycles. The van der Waals surface area contributed by atoms with Gasteiger partial charge in [0.05, 0.1) is 0 Å². The predicted octanol–water partition coefficient (Wildman–Crippen LogP) is 1.93. The molecule has 0 aromatic rings. The van der Waals surface area contributed by atoms with Gasteiger partial charge in [-0.25, -0.2) is 0 Å². The van der Waals surface area contributed by atoms with Crippen molar-refractivity contribution in [2.75, 3.05) is 33.7 Å². The average Bonchev–Trinajstić information content (AvgIpc) is 2.60. The van der Waals surface area contributed by atoms with Gasteiger partial charge in [0.15, 0.2) is 0 Å². The molecule has 1 atom stereocenters. The third-order valence-corrected chi connectivity index (χ3v) is 4.99. The first-order valence-corrected chi connectivity index (χ1v) is 7.86. The summed E-state index contributed by atoms with van der Waals surface area (Å²) in [6.07, 6.45) is 8.17. The van der Waals surface area contributed by atoms with Crippen LogP contribution in [-0.2, 0) is 0 Å². The quantitative estimate of drug-likeness (QED) is 0.829. The van der Waals surface area contributed by atoms with Crippen molar-refractivity contribution >= 4 is 0 Å². The fourth-order valence-electron chi connectivity index (χ4n) is 3.80. The lowest BCUT2D eigenvalue weighted by atomic mass is 9.89. The van der Waals surface area contributed by atoms with Crippen molar-refractivity contribution in [3.8, 4) is 0 Å². The van der Waals surface area contributed by atoms with E-state index >= 15 is 0 Å². The van der Waals surface area contributed by atoms with Crippen LogP contribution in [0.4, 0.5) is 0 Å². The molecule has 0 aromatic heterocycles. The highest BCUT2D eigenvalue weighted by molar-refractivity contribution is 4.87. The molecule has 106 valence electrons. The van der Waals surface area contributed by atoms with E-state index in [4.69, 9.17) is 0 Å². The van der Waals surface area contributed by atoms with E-state index in [9.17, 15) is 0 Å². The Balaban J connectivity index is 1.93. The van der Waals surface area contributed by atoms with Gasteiger partial charge >= 0.3 is 0 Å². The molecule has 0 radical (unpaired) electrons. The monoisotopic (exact) mass is 253 g/mol. The second kappa shape index (κ2) is 6.88. The molecule has 3 heteroatoms. The van der Waals surface area contributed by atoms with E-state index in [0.717, 1.165) is 18.1 Å². The number of rotatable bonds is 3. The molecular weight excluding hydrogens is 222 g/mol. The Labute approximate surface area is 113 Å². The third-order valence-electron chi connectivity index (χ3n) is 4.99. The highest BCUT2D eigenvalue weighted by Crippen LogP contribution is 2.26. The van der Waals surface area contributed by atoms with Gasteiger partial charge in [0.25, 0.3) is 0 Å². The van der Waals surface area contributed by atoms with Crippen LogP contribution in [-0.4, -0.2) is 61.7 Å². The normalized spacial score (nSPS) is 36.5. The summed E-state index contributed by atoms with van der Waals surface area (Å²) < 4.78 is 0. The Hall–Kier alpha value is -0.120. The maximum Gasteiger partial charge on any atom is 0.0223 e. The molecule has 1 aliphatic heterocycles. The van der Waals surface area contributed by atoms with Gasteiger partial charge in [-0.05, 0) is 65.7 Å². The van der Waals surface area contributed by atoms with Crippen LogP contribution in [0.3, 0.4) is 0 Å². The van der Waals surface area contributed by atoms with Crippen molar-refractivity contribution in [3.63, 3.8) is 0 Å². The lowest BCUT2D eigenvalue weighted by Crippen LogP contribution is -2.48. The summed E-state index contributed by atoms with van der Waals surface area (Å²) in [4.78, 5) is 5.36. The Kier molecular flexibility index (Phi) is 5.46. The van der Waals surface area contributed by atoms with Gasteiger partial charge in [0, 0.05) is 24.7 Å². The molecule has 18 heavy (non-hydrogen) atoms. The molecule has 2 fully saturated rings. The van der Waals surface area contributed by atoms with Crippen LogP contribution >= 0.6 is 0 Å². The summed E-state index contributed by atoms with van der Waals surface area (Å²) in [5.41, 5.74) is 0. The number of hydrogen-bond acceptors (Lipinski definition) is 3. The Morgan fingerprint density at radius 1 is 1.11 bits per heavy atom. The van der Waals surface area contributed by atoms with Crippen molar-refractivity contribution in [3.05, 3.63) is 0 Å². The molecule has 1 unspecified atom stereocenters. The van der Waals surface area contributed by atoms with Crippen molar-refractivity contribution in [1.82, 2.24) is 15.1 Å². The second-order valence-electron chi connectivity index (χ2n) is 6.21. The standard InChI is InChI=1S/C15H31N3/c1-4-14-12-17(3)10-5-11-18(14)15-8-6-13(16-2)7-9-15/h13-16H,4-12H2,1-3H3. The highest BCUT2D eigenvalue weighted by Gasteiger charge is 2.30. The van der Waals surface area contributed by atoms with E-state index in [1.165, 1.54) is 58.2 Å². The molecular formula is C15H31N3. The fraction of sp³-hybridized carbons (Fsp3) is 1.00. The Morgan fingerprint density at radius 3 is 2.44 bits per heavy atom. The Morgan fingerprint density at radius 2 is 1.83 bits per heavy atom. The molecule has 0 aromatic carbocycles. The van der Waals surface area contributed by atoms with Crippen molar-refractivity contribution < 1.29 is 0 Å². The van der Waals surface area contributed by atoms with Crippen molar-refractivity contribution in [1.29, 1.82) is 0 Å². The van der Waals surface area contributed by atoms with E-state index in [-0.39, 0.29) is 0 Å². The zero-order valence-electron chi connectivity index (χ0n) is 12.5. The number of likely N-dealkylation sites (N-methyl/N-ethyl adjacent to an activating group) is 1. The van der Waals surface area contributed by atoms with E-state index in [0.29, 0.717) is 0 Å². The fourth-order valence-corrected chi connectivity index (χ4v) is 3.80. The lowest BCUT2D eigenvalue weighted by Gasteiger charge is -2.40. The van der Waals surface area contributed by atoms with Crippen LogP contribution in [0.2, 0.25) is 0 Å². The van der Waals surface area contributed by atoms with E-state index in [1.807, 2.05) is 0 Å². The summed E-state index contributed by atoms with van der Waals surface area (Å²) in [5.74, 6) is 0. The molecule has 3 nitrogen and oxygen atoms in total. The first-order chi connectivity index (χ1) is 8.74. The highest BCUT2D eigenvalue weighted by atomic mass is 15.2. The maximum absolute atomic E-state index is 3.45. The summed E-state index contributed by atoms with van der Waals surface area (Å²) in [6, 6.07) is 2.41. The minimum absolute atomic E-state index is 0.774. The van der Waals surface area contributed by atoms with Crippen LogP contribution in [0.15, 0.2) is 0 Å². The first-order valence-electron chi connectivity index (χ1n) is 7.86. The third kappa shape index (κ3) is 3.46. The number of nitrogens with one attached hydrogen (secondary N) is 1. The lowest BCUT2D eigenvalue weighted by molar-refractivity contribution is 0.0945. The van der Waals surface area contributed by atoms with Crippen molar-refractivity contribution in [2.45, 2.75) is 63.6 Å².